The molecule has 3 aromatic rings. The summed E-state index contributed by atoms with van der Waals surface area (Å²) in [5.41, 5.74) is -1.29. The molecule has 0 aromatic heterocycles. The fourth-order valence-electron chi connectivity index (χ4n) is 7.31. The Labute approximate surface area is 263 Å². The van der Waals surface area contributed by atoms with Crippen molar-refractivity contribution < 1.29 is 41.8 Å². The van der Waals surface area contributed by atoms with E-state index >= 15 is 4.39 Å². The van der Waals surface area contributed by atoms with Crippen LogP contribution in [-0.2, 0) is 15.1 Å². The SMILES string of the molecule is O=C(O)c1ccc(N2C[C@H]3[C@@H](C2=O)[C@H](c2cccc(Cl)c2F)[C@]2(C(=O)Nc4cc(Cl)ccc42)N3CC2CC2)cc1OC(F)(F)F. The van der Waals surface area contributed by atoms with Crippen LogP contribution in [0.2, 0.25) is 10.0 Å². The molecule has 1 saturated carbocycles. The van der Waals surface area contributed by atoms with Crippen molar-refractivity contribution in [3.63, 3.8) is 0 Å². The van der Waals surface area contributed by atoms with Crippen LogP contribution in [0, 0.1) is 17.7 Å². The highest BCUT2D eigenvalue weighted by Gasteiger charge is 2.71. The monoisotopic (exact) mass is 663 g/mol. The lowest BCUT2D eigenvalue weighted by Crippen LogP contribution is -2.54. The van der Waals surface area contributed by atoms with Crippen molar-refractivity contribution in [1.29, 1.82) is 0 Å². The first-order chi connectivity index (χ1) is 21.3. The lowest BCUT2D eigenvalue weighted by atomic mass is 9.71. The number of carboxylic acids is 1. The molecule has 0 radical (unpaired) electrons. The van der Waals surface area contributed by atoms with Crippen molar-refractivity contribution in [2.24, 2.45) is 11.8 Å². The molecule has 7 rings (SSSR count). The molecule has 2 N–H and O–H groups in total. The van der Waals surface area contributed by atoms with Gasteiger partial charge in [-0.3, -0.25) is 14.5 Å². The smallest absolute Gasteiger partial charge is 0.478 e. The van der Waals surface area contributed by atoms with Gasteiger partial charge in [-0.15, -0.1) is 13.2 Å². The number of nitrogens with zero attached hydrogens (tertiary/aromatic N) is 2. The lowest BCUT2D eigenvalue weighted by Gasteiger charge is -2.41. The summed E-state index contributed by atoms with van der Waals surface area (Å²) >= 11 is 12.5. The molecule has 1 spiro atoms. The highest BCUT2D eigenvalue weighted by molar-refractivity contribution is 6.31. The number of halogens is 6. The largest absolute Gasteiger partial charge is 0.573 e. The number of hydrogen-bond acceptors (Lipinski definition) is 5. The number of nitrogens with one attached hydrogen (secondary N) is 1. The van der Waals surface area contributed by atoms with Crippen LogP contribution >= 0.6 is 23.2 Å². The zero-order chi connectivity index (χ0) is 32.0. The van der Waals surface area contributed by atoms with E-state index in [0.29, 0.717) is 22.8 Å². The van der Waals surface area contributed by atoms with Gasteiger partial charge in [0.05, 0.1) is 10.9 Å². The van der Waals surface area contributed by atoms with Crippen LogP contribution < -0.4 is 15.0 Å². The van der Waals surface area contributed by atoms with Crippen molar-refractivity contribution in [2.75, 3.05) is 23.3 Å². The second kappa shape index (κ2) is 10.3. The molecule has 8 nitrogen and oxygen atoms in total. The van der Waals surface area contributed by atoms with Crippen LogP contribution in [0.1, 0.15) is 40.2 Å². The topological polar surface area (TPSA) is 99.2 Å². The first-order valence-corrected chi connectivity index (χ1v) is 14.8. The summed E-state index contributed by atoms with van der Waals surface area (Å²) in [4.78, 5) is 43.5. The Hall–Kier alpha value is -3.87. The van der Waals surface area contributed by atoms with Gasteiger partial charge >= 0.3 is 12.3 Å². The van der Waals surface area contributed by atoms with Crippen molar-refractivity contribution in [3.05, 3.63) is 87.2 Å². The van der Waals surface area contributed by atoms with Gasteiger partial charge in [0.1, 0.15) is 22.7 Å². The Balaban J connectivity index is 1.41. The molecule has 14 heteroatoms. The molecular formula is C31H23Cl2F4N3O5. The number of carboxylic acid groups (broad SMARTS) is 1. The Bertz CT molecular complexity index is 1780. The van der Waals surface area contributed by atoms with Gasteiger partial charge in [0, 0.05) is 53.1 Å². The van der Waals surface area contributed by atoms with Gasteiger partial charge in [-0.05, 0) is 54.7 Å². The lowest BCUT2D eigenvalue weighted by molar-refractivity contribution is -0.274. The molecule has 3 aliphatic heterocycles. The van der Waals surface area contributed by atoms with Gasteiger partial charge in [0.25, 0.3) is 0 Å². The first kappa shape index (κ1) is 29.8. The van der Waals surface area contributed by atoms with E-state index in [0.717, 1.165) is 25.0 Å². The molecule has 234 valence electrons. The highest BCUT2D eigenvalue weighted by Crippen LogP contribution is 2.62. The van der Waals surface area contributed by atoms with Crippen molar-refractivity contribution in [2.45, 2.75) is 36.7 Å². The summed E-state index contributed by atoms with van der Waals surface area (Å²) in [7, 11) is 0. The summed E-state index contributed by atoms with van der Waals surface area (Å²) < 4.78 is 59.6. The number of alkyl halides is 3. The molecule has 4 atom stereocenters. The second-order valence-corrected chi connectivity index (χ2v) is 12.5. The molecule has 3 aromatic carbocycles. The highest BCUT2D eigenvalue weighted by atomic mass is 35.5. The van der Waals surface area contributed by atoms with E-state index in [1.54, 1.807) is 18.2 Å². The number of aromatic carboxylic acids is 1. The average Bonchev–Trinajstić information content (AvgIpc) is 3.58. The summed E-state index contributed by atoms with van der Waals surface area (Å²) in [5, 5.41) is 12.5. The van der Waals surface area contributed by atoms with Gasteiger partial charge in [0.2, 0.25) is 11.8 Å². The van der Waals surface area contributed by atoms with E-state index in [9.17, 15) is 32.7 Å². The Kier molecular flexibility index (Phi) is 6.84. The molecule has 0 unspecified atom stereocenters. The zero-order valence-electron chi connectivity index (χ0n) is 23.1. The Morgan fingerprint density at radius 3 is 2.53 bits per heavy atom. The van der Waals surface area contributed by atoms with Crippen LogP contribution in [0.4, 0.5) is 28.9 Å². The molecule has 2 amide bonds. The van der Waals surface area contributed by atoms with Gasteiger partial charge in [0.15, 0.2) is 0 Å². The quantitative estimate of drug-likeness (QED) is 0.296. The normalized spacial score (nSPS) is 25.9. The number of hydrogen-bond donors (Lipinski definition) is 2. The molecule has 2 saturated heterocycles. The third-order valence-corrected chi connectivity index (χ3v) is 9.71. The minimum atomic E-state index is -5.19. The molecule has 3 heterocycles. The first-order valence-electron chi connectivity index (χ1n) is 14.1. The van der Waals surface area contributed by atoms with Crippen LogP contribution in [-0.4, -0.2) is 53.3 Å². The Morgan fingerprint density at radius 1 is 1.09 bits per heavy atom. The van der Waals surface area contributed by atoms with Gasteiger partial charge < -0.3 is 20.1 Å². The molecule has 3 fully saturated rings. The van der Waals surface area contributed by atoms with Crippen molar-refractivity contribution >= 4 is 52.4 Å². The number of likely N-dealkylation sites (tertiary alicyclic amines) is 1. The van der Waals surface area contributed by atoms with E-state index in [1.807, 2.05) is 4.90 Å². The maximum absolute atomic E-state index is 16.0. The molecule has 4 aliphatic rings. The van der Waals surface area contributed by atoms with Crippen LogP contribution in [0.25, 0.3) is 0 Å². The fraction of sp³-hybridized carbons (Fsp3) is 0.323. The predicted molar refractivity (Wildman–Crippen MR) is 155 cm³/mol. The van der Waals surface area contributed by atoms with Crippen LogP contribution in [0.15, 0.2) is 54.6 Å². The van der Waals surface area contributed by atoms with E-state index < -0.39 is 64.7 Å². The standard InChI is InChI=1S/C31H23Cl2F4N3O5/c32-15-6-9-19-21(10-15)38-29(44)30(19)25(18-2-1-3-20(33)26(18)34)24-22(40(30)12-14-4-5-14)13-39(27(24)41)16-7-8-17(28(42)43)23(11-16)45-31(35,36)37/h1-3,6-11,14,22,24-25H,4-5,12-13H2,(H,38,44)(H,42,43)/t22-,24+,25-,30+/m0/s1. The maximum atomic E-state index is 16.0. The van der Waals surface area contributed by atoms with Crippen molar-refractivity contribution in [1.82, 2.24) is 4.90 Å². The summed E-state index contributed by atoms with van der Waals surface area (Å²) in [5.74, 6) is -6.36. The van der Waals surface area contributed by atoms with Gasteiger partial charge in [-0.1, -0.05) is 41.4 Å². The van der Waals surface area contributed by atoms with Gasteiger partial charge in [-0.2, -0.15) is 0 Å². The third kappa shape index (κ3) is 4.64. The Morgan fingerprint density at radius 2 is 1.84 bits per heavy atom. The van der Waals surface area contributed by atoms with Crippen molar-refractivity contribution in [3.8, 4) is 5.75 Å². The summed E-state index contributed by atoms with van der Waals surface area (Å²) in [6, 6.07) is 11.6. The van der Waals surface area contributed by atoms with E-state index in [2.05, 4.69) is 10.1 Å². The zero-order valence-corrected chi connectivity index (χ0v) is 24.6. The number of anilines is 2. The maximum Gasteiger partial charge on any atom is 0.573 e. The van der Waals surface area contributed by atoms with Crippen LogP contribution in [0.5, 0.6) is 5.75 Å². The van der Waals surface area contributed by atoms with E-state index in [1.165, 1.54) is 29.2 Å². The number of carbonyl (C=O) groups is 3. The predicted octanol–water partition coefficient (Wildman–Crippen LogP) is 6.42. The number of rotatable bonds is 6. The molecule has 1 aliphatic carbocycles. The van der Waals surface area contributed by atoms with E-state index in [4.69, 9.17) is 23.2 Å². The molecule has 45 heavy (non-hydrogen) atoms. The van der Waals surface area contributed by atoms with E-state index in [-0.39, 0.29) is 28.7 Å². The molecular weight excluding hydrogens is 641 g/mol. The minimum absolute atomic E-state index is 0.0348. The summed E-state index contributed by atoms with van der Waals surface area (Å²) in [6.07, 6.45) is -3.41. The van der Waals surface area contributed by atoms with Crippen LogP contribution in [0.3, 0.4) is 0 Å². The number of fused-ring (bicyclic) bond motifs is 3. The number of ether oxygens (including phenoxy) is 1. The average molecular weight is 664 g/mol. The number of amides is 2. The van der Waals surface area contributed by atoms with Gasteiger partial charge in [-0.25, -0.2) is 9.18 Å². The number of benzene rings is 3. The minimum Gasteiger partial charge on any atom is -0.478 e. The fourth-order valence-corrected chi connectivity index (χ4v) is 7.67. The third-order valence-electron chi connectivity index (χ3n) is 9.19. The number of carbonyl (C=O) groups excluding carboxylic acids is 2. The summed E-state index contributed by atoms with van der Waals surface area (Å²) in [6.45, 7) is 0.335. The molecule has 0 bridgehead atoms. The second-order valence-electron chi connectivity index (χ2n) is 11.7.